The second-order valence-electron chi connectivity index (χ2n) is 4.89. The molecule has 1 saturated heterocycles. The lowest BCUT2D eigenvalue weighted by Crippen LogP contribution is -2.46. The summed E-state index contributed by atoms with van der Waals surface area (Å²) in [5.41, 5.74) is 0.237. The van der Waals surface area contributed by atoms with Crippen molar-refractivity contribution in [2.45, 2.75) is 19.0 Å². The van der Waals surface area contributed by atoms with Gasteiger partial charge in [-0.25, -0.2) is 9.18 Å². The molecule has 1 aromatic rings. The summed E-state index contributed by atoms with van der Waals surface area (Å²) in [6.07, 6.45) is -3.99. The molecule has 0 unspecified atom stereocenters. The van der Waals surface area contributed by atoms with E-state index >= 15 is 0 Å². The van der Waals surface area contributed by atoms with Crippen LogP contribution >= 0.6 is 11.6 Å². The molecule has 0 saturated carbocycles. The van der Waals surface area contributed by atoms with Gasteiger partial charge in [-0.15, -0.1) is 0 Å². The number of nitrogens with zero attached hydrogens (tertiary/aromatic N) is 1. The number of amides is 2. The van der Waals surface area contributed by atoms with Gasteiger partial charge in [-0.05, 0) is 31.0 Å². The van der Waals surface area contributed by atoms with Crippen LogP contribution in [-0.4, -0.2) is 30.2 Å². The van der Waals surface area contributed by atoms with E-state index in [9.17, 15) is 22.4 Å². The van der Waals surface area contributed by atoms with Gasteiger partial charge >= 0.3 is 12.2 Å². The van der Waals surface area contributed by atoms with Crippen LogP contribution in [0.4, 0.5) is 28.0 Å². The molecular formula is C13H13ClF4N2O. The van der Waals surface area contributed by atoms with Crippen molar-refractivity contribution in [2.24, 2.45) is 5.92 Å². The third kappa shape index (κ3) is 4.00. The van der Waals surface area contributed by atoms with Crippen LogP contribution in [0.25, 0.3) is 0 Å². The first-order chi connectivity index (χ1) is 9.77. The number of hydrogen-bond acceptors (Lipinski definition) is 1. The van der Waals surface area contributed by atoms with Gasteiger partial charge in [0.2, 0.25) is 0 Å². The van der Waals surface area contributed by atoms with E-state index in [0.717, 1.165) is 11.0 Å². The Morgan fingerprint density at radius 3 is 2.71 bits per heavy atom. The van der Waals surface area contributed by atoms with Gasteiger partial charge in [0.1, 0.15) is 5.82 Å². The van der Waals surface area contributed by atoms with Crippen molar-refractivity contribution >= 4 is 23.3 Å². The summed E-state index contributed by atoms with van der Waals surface area (Å²) in [7, 11) is 0. The predicted molar refractivity (Wildman–Crippen MR) is 70.8 cm³/mol. The number of halogens is 5. The summed E-state index contributed by atoms with van der Waals surface area (Å²) in [6, 6.07) is 2.93. The summed E-state index contributed by atoms with van der Waals surface area (Å²) in [5, 5.41) is 2.25. The first kappa shape index (κ1) is 15.9. The normalized spacial score (nSPS) is 19.5. The van der Waals surface area contributed by atoms with Crippen molar-refractivity contribution in [3.8, 4) is 0 Å². The maximum Gasteiger partial charge on any atom is 0.393 e. The van der Waals surface area contributed by atoms with Crippen LogP contribution in [0.15, 0.2) is 18.2 Å². The van der Waals surface area contributed by atoms with E-state index in [1.54, 1.807) is 0 Å². The van der Waals surface area contributed by atoms with Gasteiger partial charge in [0, 0.05) is 18.8 Å². The average Bonchev–Trinajstić information content (AvgIpc) is 2.42. The Morgan fingerprint density at radius 1 is 1.38 bits per heavy atom. The van der Waals surface area contributed by atoms with E-state index in [2.05, 4.69) is 5.32 Å². The Bertz CT molecular complexity index is 535. The van der Waals surface area contributed by atoms with E-state index in [4.69, 9.17) is 11.6 Å². The molecule has 21 heavy (non-hydrogen) atoms. The fraction of sp³-hybridized carbons (Fsp3) is 0.462. The Labute approximate surface area is 123 Å². The zero-order valence-corrected chi connectivity index (χ0v) is 11.6. The average molecular weight is 325 g/mol. The Balaban J connectivity index is 2.01. The van der Waals surface area contributed by atoms with Crippen molar-refractivity contribution in [3.63, 3.8) is 0 Å². The van der Waals surface area contributed by atoms with E-state index in [1.807, 2.05) is 0 Å². The second kappa shape index (κ2) is 6.09. The Morgan fingerprint density at radius 2 is 2.10 bits per heavy atom. The first-order valence-corrected chi connectivity index (χ1v) is 6.73. The number of alkyl halides is 3. The van der Waals surface area contributed by atoms with Gasteiger partial charge in [0.25, 0.3) is 0 Å². The molecule has 1 N–H and O–H groups in total. The molecule has 0 aromatic heterocycles. The van der Waals surface area contributed by atoms with Crippen molar-refractivity contribution in [1.29, 1.82) is 0 Å². The summed E-state index contributed by atoms with van der Waals surface area (Å²) in [5.74, 6) is -2.14. The number of anilines is 1. The van der Waals surface area contributed by atoms with Gasteiger partial charge in [-0.3, -0.25) is 0 Å². The molecule has 0 bridgehead atoms. The number of rotatable bonds is 1. The van der Waals surface area contributed by atoms with Crippen LogP contribution in [-0.2, 0) is 0 Å². The molecule has 1 aliphatic rings. The van der Waals surface area contributed by atoms with Gasteiger partial charge < -0.3 is 10.2 Å². The highest BCUT2D eigenvalue weighted by molar-refractivity contribution is 6.31. The van der Waals surface area contributed by atoms with Crippen molar-refractivity contribution < 1.29 is 22.4 Å². The number of piperidine rings is 1. The third-order valence-corrected chi connectivity index (χ3v) is 3.63. The molecule has 0 aliphatic carbocycles. The van der Waals surface area contributed by atoms with Crippen molar-refractivity contribution in [2.75, 3.05) is 18.4 Å². The summed E-state index contributed by atoms with van der Waals surface area (Å²) in [6.45, 7) is -0.113. The maximum atomic E-state index is 13.0. The van der Waals surface area contributed by atoms with E-state index in [-0.39, 0.29) is 30.2 Å². The van der Waals surface area contributed by atoms with Crippen LogP contribution in [0.1, 0.15) is 12.8 Å². The summed E-state index contributed by atoms with van der Waals surface area (Å²) >= 11 is 5.58. The number of carbonyl (C=O) groups excluding carboxylic acids is 1. The van der Waals surface area contributed by atoms with Crippen LogP contribution in [0, 0.1) is 11.7 Å². The fourth-order valence-electron chi connectivity index (χ4n) is 2.21. The van der Waals surface area contributed by atoms with Crippen molar-refractivity contribution in [3.05, 3.63) is 29.0 Å². The zero-order valence-electron chi connectivity index (χ0n) is 10.9. The van der Waals surface area contributed by atoms with Gasteiger partial charge in [-0.2, -0.15) is 13.2 Å². The molecule has 8 heteroatoms. The summed E-state index contributed by atoms with van der Waals surface area (Å²) < 4.78 is 51.0. The fourth-order valence-corrected chi connectivity index (χ4v) is 2.39. The predicted octanol–water partition coefficient (Wildman–Crippen LogP) is 4.29. The smallest absolute Gasteiger partial charge is 0.324 e. The van der Waals surface area contributed by atoms with Crippen LogP contribution in [0.3, 0.4) is 0 Å². The van der Waals surface area contributed by atoms with Crippen LogP contribution in [0.5, 0.6) is 0 Å². The highest BCUT2D eigenvalue weighted by atomic mass is 35.5. The maximum absolute atomic E-state index is 13.0. The molecular weight excluding hydrogens is 312 g/mol. The number of nitrogens with one attached hydrogen (secondary N) is 1. The molecule has 0 radical (unpaired) electrons. The minimum absolute atomic E-state index is 0.0235. The highest BCUT2D eigenvalue weighted by Crippen LogP contribution is 2.33. The highest BCUT2D eigenvalue weighted by Gasteiger charge is 2.42. The molecule has 2 rings (SSSR count). The van der Waals surface area contributed by atoms with E-state index < -0.39 is 23.9 Å². The SMILES string of the molecule is O=C(Nc1ccc(F)c(Cl)c1)N1CCC[C@H](C(F)(F)F)C1. The lowest BCUT2D eigenvalue weighted by molar-refractivity contribution is -0.183. The molecule has 1 atom stereocenters. The van der Waals surface area contributed by atoms with Gasteiger partial charge in [0.05, 0.1) is 10.9 Å². The summed E-state index contributed by atoms with van der Waals surface area (Å²) in [4.78, 5) is 13.1. The largest absolute Gasteiger partial charge is 0.393 e. The topological polar surface area (TPSA) is 32.3 Å². The number of carbonyl (C=O) groups is 1. The zero-order chi connectivity index (χ0) is 15.6. The quantitative estimate of drug-likeness (QED) is 0.768. The number of benzene rings is 1. The monoisotopic (exact) mass is 324 g/mol. The van der Waals surface area contributed by atoms with Crippen molar-refractivity contribution in [1.82, 2.24) is 4.90 Å². The molecule has 116 valence electrons. The number of hydrogen-bond donors (Lipinski definition) is 1. The third-order valence-electron chi connectivity index (χ3n) is 3.34. The lowest BCUT2D eigenvalue weighted by Gasteiger charge is -2.33. The lowest BCUT2D eigenvalue weighted by atomic mass is 9.98. The molecule has 1 aliphatic heterocycles. The molecule has 1 aromatic carbocycles. The molecule has 3 nitrogen and oxygen atoms in total. The van der Waals surface area contributed by atoms with Gasteiger partial charge in [0.15, 0.2) is 0 Å². The minimum Gasteiger partial charge on any atom is -0.324 e. The van der Waals surface area contributed by atoms with Gasteiger partial charge in [-0.1, -0.05) is 11.6 Å². The van der Waals surface area contributed by atoms with E-state index in [1.165, 1.54) is 12.1 Å². The molecule has 1 heterocycles. The first-order valence-electron chi connectivity index (χ1n) is 6.35. The Kier molecular flexibility index (Phi) is 4.61. The van der Waals surface area contributed by atoms with Crippen LogP contribution in [0.2, 0.25) is 5.02 Å². The van der Waals surface area contributed by atoms with E-state index in [0.29, 0.717) is 6.42 Å². The number of likely N-dealkylation sites (tertiary alicyclic amines) is 1. The molecule has 2 amide bonds. The molecule has 0 spiro atoms. The molecule has 1 fully saturated rings. The Hall–Kier alpha value is -1.50. The second-order valence-corrected chi connectivity index (χ2v) is 5.29. The van der Waals surface area contributed by atoms with Crippen LogP contribution < -0.4 is 5.32 Å². The minimum atomic E-state index is -4.31. The number of urea groups is 1. The standard InChI is InChI=1S/C13H13ClF4N2O/c14-10-6-9(3-4-11(10)15)19-12(21)20-5-1-2-8(7-20)13(16,17)18/h3-4,6,8H,1-2,5,7H2,(H,19,21)/t8-/m0/s1.